The quantitative estimate of drug-likeness (QED) is 0.864. The maximum atomic E-state index is 12.2. The number of carbonyl (C=O) groups excluding carboxylic acids is 1. The van der Waals surface area contributed by atoms with Crippen LogP contribution in [0.2, 0.25) is 0 Å². The minimum absolute atomic E-state index is 0.0423. The second-order valence-electron chi connectivity index (χ2n) is 5.74. The van der Waals surface area contributed by atoms with Crippen LogP contribution in [-0.2, 0) is 16.1 Å². The summed E-state index contributed by atoms with van der Waals surface area (Å²) in [7, 11) is 1.77. The Kier molecular flexibility index (Phi) is 4.48. The fourth-order valence-corrected chi connectivity index (χ4v) is 3.86. The van der Waals surface area contributed by atoms with Crippen molar-refractivity contribution in [3.8, 4) is 0 Å². The zero-order valence-corrected chi connectivity index (χ0v) is 12.8. The van der Waals surface area contributed by atoms with Crippen LogP contribution in [0.15, 0.2) is 18.7 Å². The minimum atomic E-state index is 0.0423. The van der Waals surface area contributed by atoms with Gasteiger partial charge in [0, 0.05) is 36.9 Å². The normalized spacial score (nSPS) is 27.9. The second kappa shape index (κ2) is 5.95. The Balaban J connectivity index is 2.02. The highest BCUT2D eigenvalue weighted by Gasteiger charge is 2.58. The zero-order chi connectivity index (χ0) is 14.8. The molecule has 0 unspecified atom stereocenters. The van der Waals surface area contributed by atoms with Gasteiger partial charge < -0.3 is 14.6 Å². The first-order valence-corrected chi connectivity index (χ1v) is 7.37. The molecule has 0 radical (unpaired) electrons. The molecule has 1 heterocycles. The van der Waals surface area contributed by atoms with Crippen molar-refractivity contribution in [3.63, 3.8) is 0 Å². The van der Waals surface area contributed by atoms with Crippen molar-refractivity contribution in [2.75, 3.05) is 7.11 Å². The lowest BCUT2D eigenvalue weighted by Crippen LogP contribution is -2.70. The Morgan fingerprint density at radius 1 is 1.45 bits per heavy atom. The minimum Gasteiger partial charge on any atom is -0.380 e. The van der Waals surface area contributed by atoms with Gasteiger partial charge in [-0.1, -0.05) is 20.8 Å². The van der Waals surface area contributed by atoms with Crippen molar-refractivity contribution < 1.29 is 9.53 Å². The highest BCUT2D eigenvalue weighted by molar-refractivity contribution is 5.76. The van der Waals surface area contributed by atoms with Gasteiger partial charge in [0.2, 0.25) is 5.91 Å². The lowest BCUT2D eigenvalue weighted by molar-refractivity contribution is -0.172. The molecule has 1 N–H and O–H groups in total. The summed E-state index contributed by atoms with van der Waals surface area (Å²) >= 11 is 0. The highest BCUT2D eigenvalue weighted by Crippen LogP contribution is 2.52. The third-order valence-electron chi connectivity index (χ3n) is 4.96. The van der Waals surface area contributed by atoms with Crippen LogP contribution in [0.5, 0.6) is 0 Å². The van der Waals surface area contributed by atoms with E-state index in [1.807, 2.05) is 0 Å². The molecular formula is C15H25N3O2. The molecule has 0 spiro atoms. The smallest absolute Gasteiger partial charge is 0.240 e. The van der Waals surface area contributed by atoms with Gasteiger partial charge in [0.05, 0.1) is 12.4 Å². The molecule has 1 amide bonds. The van der Waals surface area contributed by atoms with Gasteiger partial charge in [0.25, 0.3) is 0 Å². The number of carbonyl (C=O) groups is 1. The van der Waals surface area contributed by atoms with E-state index in [9.17, 15) is 4.79 Å². The number of amides is 1. The van der Waals surface area contributed by atoms with Crippen LogP contribution in [0.3, 0.4) is 0 Å². The van der Waals surface area contributed by atoms with Gasteiger partial charge in [-0.25, -0.2) is 4.98 Å². The predicted octanol–water partition coefficient (Wildman–Crippen LogP) is 1.84. The molecule has 3 atom stereocenters. The van der Waals surface area contributed by atoms with Gasteiger partial charge in [-0.15, -0.1) is 0 Å². The molecule has 1 aliphatic rings. The number of nitrogens with one attached hydrogen (secondary N) is 1. The largest absolute Gasteiger partial charge is 0.380 e. The molecule has 1 aromatic rings. The van der Waals surface area contributed by atoms with Crippen molar-refractivity contribution in [3.05, 3.63) is 18.7 Å². The van der Waals surface area contributed by atoms with E-state index >= 15 is 0 Å². The third-order valence-corrected chi connectivity index (χ3v) is 4.96. The van der Waals surface area contributed by atoms with Gasteiger partial charge in [-0.05, 0) is 12.8 Å². The molecule has 0 saturated heterocycles. The molecule has 0 aliphatic heterocycles. The fourth-order valence-electron chi connectivity index (χ4n) is 3.86. The molecule has 1 saturated carbocycles. The number of hydrogen-bond acceptors (Lipinski definition) is 3. The van der Waals surface area contributed by atoms with Crippen LogP contribution in [-0.4, -0.2) is 34.7 Å². The maximum absolute atomic E-state index is 12.2. The first-order valence-electron chi connectivity index (χ1n) is 7.37. The summed E-state index contributed by atoms with van der Waals surface area (Å²) in [6.07, 6.45) is 7.41. The van der Waals surface area contributed by atoms with E-state index in [1.54, 1.807) is 30.4 Å². The van der Waals surface area contributed by atoms with Crippen molar-refractivity contribution >= 4 is 5.91 Å². The van der Waals surface area contributed by atoms with Gasteiger partial charge in [-0.3, -0.25) is 4.79 Å². The molecule has 112 valence electrons. The van der Waals surface area contributed by atoms with Crippen LogP contribution in [0.1, 0.15) is 33.6 Å². The van der Waals surface area contributed by atoms with E-state index in [-0.39, 0.29) is 23.5 Å². The molecule has 0 aromatic carbocycles. The number of aromatic nitrogens is 2. The van der Waals surface area contributed by atoms with Crippen LogP contribution >= 0.6 is 0 Å². The lowest BCUT2D eigenvalue weighted by Gasteiger charge is -2.59. The fraction of sp³-hybridized carbons (Fsp3) is 0.733. The van der Waals surface area contributed by atoms with E-state index in [1.165, 1.54) is 0 Å². The van der Waals surface area contributed by atoms with E-state index in [0.717, 1.165) is 12.8 Å². The zero-order valence-electron chi connectivity index (χ0n) is 12.8. The number of imidazole rings is 1. The summed E-state index contributed by atoms with van der Waals surface area (Å²) in [5, 5.41) is 3.19. The molecule has 5 heteroatoms. The molecule has 1 aliphatic carbocycles. The second-order valence-corrected chi connectivity index (χ2v) is 5.74. The Labute approximate surface area is 120 Å². The van der Waals surface area contributed by atoms with Crippen LogP contribution in [0, 0.1) is 11.3 Å². The van der Waals surface area contributed by atoms with Crippen molar-refractivity contribution in [1.29, 1.82) is 0 Å². The number of rotatable bonds is 6. The average Bonchev–Trinajstić information content (AvgIpc) is 2.94. The number of methoxy groups -OCH3 is 1. The molecule has 1 fully saturated rings. The average molecular weight is 279 g/mol. The number of hydrogen-bond donors (Lipinski definition) is 1. The number of ether oxygens (including phenoxy) is 1. The van der Waals surface area contributed by atoms with Gasteiger partial charge in [0.1, 0.15) is 6.54 Å². The van der Waals surface area contributed by atoms with E-state index in [4.69, 9.17) is 4.74 Å². The Hall–Kier alpha value is -1.36. The molecular weight excluding hydrogens is 254 g/mol. The third kappa shape index (κ3) is 2.35. The maximum Gasteiger partial charge on any atom is 0.240 e. The monoisotopic (exact) mass is 279 g/mol. The molecule has 0 bridgehead atoms. The molecule has 1 aromatic heterocycles. The highest BCUT2D eigenvalue weighted by atomic mass is 16.5. The van der Waals surface area contributed by atoms with E-state index in [2.05, 4.69) is 31.1 Å². The summed E-state index contributed by atoms with van der Waals surface area (Å²) in [6, 6.07) is 0.193. The van der Waals surface area contributed by atoms with E-state index < -0.39 is 0 Å². The Morgan fingerprint density at radius 2 is 2.15 bits per heavy atom. The lowest BCUT2D eigenvalue weighted by atomic mass is 9.53. The summed E-state index contributed by atoms with van der Waals surface area (Å²) in [4.78, 5) is 16.1. The van der Waals surface area contributed by atoms with Gasteiger partial charge >= 0.3 is 0 Å². The summed E-state index contributed by atoms with van der Waals surface area (Å²) in [6.45, 7) is 6.83. The Bertz CT molecular complexity index is 440. The van der Waals surface area contributed by atoms with Gasteiger partial charge in [0.15, 0.2) is 0 Å². The van der Waals surface area contributed by atoms with Crippen LogP contribution in [0.25, 0.3) is 0 Å². The van der Waals surface area contributed by atoms with Crippen molar-refractivity contribution in [2.45, 2.75) is 52.3 Å². The van der Waals surface area contributed by atoms with Crippen LogP contribution < -0.4 is 5.32 Å². The summed E-state index contributed by atoms with van der Waals surface area (Å²) in [5.41, 5.74) is 0.0682. The first kappa shape index (κ1) is 15.0. The van der Waals surface area contributed by atoms with Crippen molar-refractivity contribution in [1.82, 2.24) is 14.9 Å². The topological polar surface area (TPSA) is 56.2 Å². The van der Waals surface area contributed by atoms with Crippen LogP contribution in [0.4, 0.5) is 0 Å². The Morgan fingerprint density at radius 3 is 2.65 bits per heavy atom. The van der Waals surface area contributed by atoms with E-state index in [0.29, 0.717) is 12.5 Å². The summed E-state index contributed by atoms with van der Waals surface area (Å²) in [5.74, 6) is 0.396. The standard InChI is InChI=1S/C15H25N3O2/c1-5-15(6-2)13(11(3)14(15)20-4)17-12(19)9-18-8-7-16-10-18/h7-8,10-11,13-14H,5-6,9H2,1-4H3,(H,17,19)/t11-,13-,14+/m1/s1. The number of nitrogens with zero attached hydrogens (tertiary/aromatic N) is 2. The van der Waals surface area contributed by atoms with Gasteiger partial charge in [-0.2, -0.15) is 0 Å². The molecule has 20 heavy (non-hydrogen) atoms. The SMILES string of the molecule is CCC1(CC)[C@H](NC(=O)Cn2ccnc2)[C@@H](C)[C@@H]1OC. The summed E-state index contributed by atoms with van der Waals surface area (Å²) < 4.78 is 7.43. The first-order chi connectivity index (χ1) is 9.58. The van der Waals surface area contributed by atoms with Crippen molar-refractivity contribution in [2.24, 2.45) is 11.3 Å². The molecule has 2 rings (SSSR count). The molecule has 5 nitrogen and oxygen atoms in total. The predicted molar refractivity (Wildman–Crippen MR) is 77.1 cm³/mol.